The van der Waals surface area contributed by atoms with Gasteiger partial charge in [0.25, 0.3) is 0 Å². The van der Waals surface area contributed by atoms with Crippen LogP contribution in [0.5, 0.6) is 5.75 Å². The molecule has 1 heterocycles. The Morgan fingerprint density at radius 2 is 2.08 bits per heavy atom. The first-order valence-corrected chi connectivity index (χ1v) is 9.87. The number of halogens is 1. The molecule has 1 fully saturated rings. The Bertz CT molecular complexity index is 764. The van der Waals surface area contributed by atoms with Crippen LogP contribution in [0.15, 0.2) is 53.0 Å². The van der Waals surface area contributed by atoms with Crippen LogP contribution in [0.4, 0.5) is 0 Å². The minimum atomic E-state index is -0.751. The van der Waals surface area contributed by atoms with Crippen LogP contribution in [0.2, 0.25) is 0 Å². The number of para-hydroxylation sites is 1. The van der Waals surface area contributed by atoms with Crippen molar-refractivity contribution < 1.29 is 14.6 Å². The van der Waals surface area contributed by atoms with Crippen molar-refractivity contribution in [2.45, 2.75) is 38.3 Å². The monoisotopic (exact) mass is 417 g/mol. The van der Waals surface area contributed by atoms with E-state index in [1.165, 1.54) is 0 Å². The van der Waals surface area contributed by atoms with Gasteiger partial charge in [-0.25, -0.2) is 0 Å². The van der Waals surface area contributed by atoms with E-state index in [4.69, 9.17) is 4.74 Å². The fourth-order valence-corrected chi connectivity index (χ4v) is 4.16. The maximum absolute atomic E-state index is 11.9. The molecule has 26 heavy (non-hydrogen) atoms. The highest BCUT2D eigenvalue weighted by molar-refractivity contribution is 9.10. The van der Waals surface area contributed by atoms with E-state index >= 15 is 0 Å². The second-order valence-corrected chi connectivity index (χ2v) is 7.43. The van der Waals surface area contributed by atoms with Gasteiger partial charge in [-0.1, -0.05) is 52.7 Å². The van der Waals surface area contributed by atoms with E-state index in [-0.39, 0.29) is 6.04 Å². The number of carboxylic acid groups (broad SMARTS) is 1. The lowest BCUT2D eigenvalue weighted by molar-refractivity contribution is -0.145. The van der Waals surface area contributed by atoms with Crippen LogP contribution in [-0.4, -0.2) is 35.2 Å². The Balaban J connectivity index is 2.12. The molecule has 0 radical (unpaired) electrons. The number of nitrogens with zero attached hydrogens (tertiary/aromatic N) is 1. The number of carbonyl (C=O) groups is 1. The molecule has 3 rings (SSSR count). The second-order valence-electron chi connectivity index (χ2n) is 6.52. The number of carboxylic acids is 1. The second kappa shape index (κ2) is 8.69. The van der Waals surface area contributed by atoms with Crippen LogP contribution >= 0.6 is 15.9 Å². The molecule has 1 N–H and O–H groups in total. The molecule has 0 aliphatic carbocycles. The van der Waals surface area contributed by atoms with Crippen molar-refractivity contribution in [2.24, 2.45) is 0 Å². The van der Waals surface area contributed by atoms with Gasteiger partial charge in [0.15, 0.2) is 0 Å². The van der Waals surface area contributed by atoms with E-state index in [9.17, 15) is 9.90 Å². The first-order valence-electron chi connectivity index (χ1n) is 9.07. The Morgan fingerprint density at radius 1 is 1.27 bits per heavy atom. The summed E-state index contributed by atoms with van der Waals surface area (Å²) in [6.45, 7) is 3.30. The summed E-state index contributed by atoms with van der Waals surface area (Å²) >= 11 is 3.55. The largest absolute Gasteiger partial charge is 0.494 e. The zero-order valence-corrected chi connectivity index (χ0v) is 16.5. The number of rotatable bonds is 6. The number of benzene rings is 2. The molecule has 2 aromatic rings. The van der Waals surface area contributed by atoms with E-state index in [0.717, 1.165) is 40.7 Å². The van der Waals surface area contributed by atoms with Crippen LogP contribution in [0.25, 0.3) is 0 Å². The minimum Gasteiger partial charge on any atom is -0.494 e. The Kier molecular flexibility index (Phi) is 6.33. The smallest absolute Gasteiger partial charge is 0.320 e. The highest BCUT2D eigenvalue weighted by Crippen LogP contribution is 2.39. The lowest BCUT2D eigenvalue weighted by atomic mass is 9.91. The summed E-state index contributed by atoms with van der Waals surface area (Å²) in [6.07, 6.45) is 2.63. The maximum atomic E-state index is 11.9. The zero-order chi connectivity index (χ0) is 18.5. The lowest BCUT2D eigenvalue weighted by Crippen LogP contribution is -2.46. The van der Waals surface area contributed by atoms with E-state index in [0.29, 0.717) is 13.0 Å². The summed E-state index contributed by atoms with van der Waals surface area (Å²) < 4.78 is 6.85. The molecule has 1 aliphatic heterocycles. The maximum Gasteiger partial charge on any atom is 0.320 e. The zero-order valence-electron chi connectivity index (χ0n) is 14.9. The first-order chi connectivity index (χ1) is 12.6. The molecule has 4 nitrogen and oxygen atoms in total. The Labute approximate surface area is 162 Å². The van der Waals surface area contributed by atoms with Crippen LogP contribution in [0, 0.1) is 0 Å². The summed E-state index contributed by atoms with van der Waals surface area (Å²) in [6, 6.07) is 15.4. The molecule has 0 aromatic heterocycles. The molecule has 5 heteroatoms. The quantitative estimate of drug-likeness (QED) is 0.727. The molecule has 2 atom stereocenters. The van der Waals surface area contributed by atoms with E-state index < -0.39 is 12.0 Å². The van der Waals surface area contributed by atoms with Crippen LogP contribution in [0.1, 0.15) is 43.4 Å². The number of piperidine rings is 1. The third-order valence-electron chi connectivity index (χ3n) is 4.84. The molecule has 0 bridgehead atoms. The van der Waals surface area contributed by atoms with Crippen molar-refractivity contribution in [1.82, 2.24) is 4.90 Å². The Morgan fingerprint density at radius 3 is 2.81 bits per heavy atom. The third-order valence-corrected chi connectivity index (χ3v) is 5.33. The fourth-order valence-electron chi connectivity index (χ4n) is 3.75. The van der Waals surface area contributed by atoms with Gasteiger partial charge in [0.05, 0.1) is 12.6 Å². The van der Waals surface area contributed by atoms with Crippen LogP contribution < -0.4 is 4.74 Å². The van der Waals surface area contributed by atoms with Gasteiger partial charge < -0.3 is 9.84 Å². The van der Waals surface area contributed by atoms with Gasteiger partial charge in [0.1, 0.15) is 11.8 Å². The highest BCUT2D eigenvalue weighted by Gasteiger charge is 2.36. The van der Waals surface area contributed by atoms with Gasteiger partial charge in [-0.05, 0) is 50.1 Å². The summed E-state index contributed by atoms with van der Waals surface area (Å²) in [4.78, 5) is 14.0. The number of aliphatic carboxylic acids is 1. The number of ether oxygens (including phenoxy) is 1. The van der Waals surface area contributed by atoms with Crippen molar-refractivity contribution in [2.75, 3.05) is 13.2 Å². The topological polar surface area (TPSA) is 49.8 Å². The predicted molar refractivity (Wildman–Crippen MR) is 106 cm³/mol. The van der Waals surface area contributed by atoms with Crippen molar-refractivity contribution in [3.8, 4) is 5.75 Å². The Hall–Kier alpha value is -1.85. The standard InChI is InChI=1S/C21H24BrNO3/c1-2-26-19-12-4-3-10-17(19)20(15-8-7-9-16(22)14-15)23-13-6-5-11-18(23)21(24)25/h3-4,7-10,12,14,18,20H,2,5-6,11,13H2,1H3,(H,24,25)/t18-,20+/m1/s1. The predicted octanol–water partition coefficient (Wildman–Crippen LogP) is 4.88. The van der Waals surface area contributed by atoms with E-state index in [1.54, 1.807) is 0 Å². The summed E-state index contributed by atoms with van der Waals surface area (Å²) in [5, 5.41) is 9.80. The normalized spacial score (nSPS) is 19.1. The van der Waals surface area contributed by atoms with Gasteiger partial charge >= 0.3 is 5.97 Å². The van der Waals surface area contributed by atoms with Gasteiger partial charge in [0, 0.05) is 10.0 Å². The number of hydrogen-bond acceptors (Lipinski definition) is 3. The van der Waals surface area contributed by atoms with Gasteiger partial charge in [0.2, 0.25) is 0 Å². The molecule has 0 saturated carbocycles. The molecule has 1 aliphatic rings. The van der Waals surface area contributed by atoms with Crippen molar-refractivity contribution in [1.29, 1.82) is 0 Å². The van der Waals surface area contributed by atoms with Crippen molar-refractivity contribution in [3.63, 3.8) is 0 Å². The molecule has 0 amide bonds. The molecule has 2 aromatic carbocycles. The van der Waals surface area contributed by atoms with Crippen LogP contribution in [-0.2, 0) is 4.79 Å². The summed E-state index contributed by atoms with van der Waals surface area (Å²) in [7, 11) is 0. The first kappa shape index (κ1) is 18.9. The fraction of sp³-hybridized carbons (Fsp3) is 0.381. The molecule has 0 spiro atoms. The van der Waals surface area contributed by atoms with Crippen LogP contribution in [0.3, 0.4) is 0 Å². The van der Waals surface area contributed by atoms with E-state index in [2.05, 4.69) is 33.0 Å². The average Bonchev–Trinajstić information content (AvgIpc) is 2.64. The highest BCUT2D eigenvalue weighted by atomic mass is 79.9. The lowest BCUT2D eigenvalue weighted by Gasteiger charge is -2.40. The SMILES string of the molecule is CCOc1ccccc1[C@H](c1cccc(Br)c1)N1CCCC[C@@H]1C(=O)O. The van der Waals surface area contributed by atoms with Gasteiger partial charge in [-0.3, -0.25) is 9.69 Å². The molecular weight excluding hydrogens is 394 g/mol. The molecular formula is C21H24BrNO3. The van der Waals surface area contributed by atoms with Gasteiger partial charge in [-0.15, -0.1) is 0 Å². The van der Waals surface area contributed by atoms with Crippen molar-refractivity contribution in [3.05, 3.63) is 64.1 Å². The van der Waals surface area contributed by atoms with E-state index in [1.807, 2.05) is 43.3 Å². The average molecular weight is 418 g/mol. The molecule has 0 unspecified atom stereocenters. The molecule has 1 saturated heterocycles. The summed E-state index contributed by atoms with van der Waals surface area (Å²) in [5.41, 5.74) is 2.08. The minimum absolute atomic E-state index is 0.156. The summed E-state index contributed by atoms with van der Waals surface area (Å²) in [5.74, 6) is 0.0632. The number of hydrogen-bond donors (Lipinski definition) is 1. The third kappa shape index (κ3) is 4.10. The number of likely N-dealkylation sites (tertiary alicyclic amines) is 1. The van der Waals surface area contributed by atoms with Gasteiger partial charge in [-0.2, -0.15) is 0 Å². The van der Waals surface area contributed by atoms with Crippen molar-refractivity contribution >= 4 is 21.9 Å². The molecule has 138 valence electrons.